The summed E-state index contributed by atoms with van der Waals surface area (Å²) in [5.41, 5.74) is 6.13. The van der Waals surface area contributed by atoms with E-state index < -0.39 is 0 Å². The number of carbonyl (C=O) groups is 1. The largest absolute Gasteiger partial charge is 0.381 e. The van der Waals surface area contributed by atoms with Crippen LogP contribution in [0.1, 0.15) is 44.4 Å². The number of fused-ring (bicyclic) bond motifs is 3. The molecule has 2 N–H and O–H groups in total. The van der Waals surface area contributed by atoms with Gasteiger partial charge < -0.3 is 14.6 Å². The Morgan fingerprint density at radius 1 is 1.34 bits per heavy atom. The molecule has 1 aliphatic heterocycles. The summed E-state index contributed by atoms with van der Waals surface area (Å²) in [6, 6.07) is 1.94. The Morgan fingerprint density at radius 3 is 2.97 bits per heavy atom. The van der Waals surface area contributed by atoms with E-state index in [-0.39, 0.29) is 11.8 Å². The first-order valence-electron chi connectivity index (χ1n) is 11.7. The van der Waals surface area contributed by atoms with Crippen LogP contribution >= 0.6 is 0 Å². The fraction of sp³-hybridized carbons (Fsp3) is 0.583. The minimum absolute atomic E-state index is 0.0435. The Labute approximate surface area is 187 Å². The Bertz CT molecular complexity index is 1190. The minimum Gasteiger partial charge on any atom is -0.381 e. The topological polar surface area (TPSA) is 99.8 Å². The molecule has 0 radical (unpaired) electrons. The van der Waals surface area contributed by atoms with E-state index in [1.165, 1.54) is 17.7 Å². The van der Waals surface area contributed by atoms with Crippen molar-refractivity contribution >= 4 is 22.8 Å². The maximum Gasteiger partial charge on any atom is 0.229 e. The van der Waals surface area contributed by atoms with Crippen molar-refractivity contribution in [2.75, 3.05) is 25.2 Å². The fourth-order valence-electron chi connectivity index (χ4n) is 5.68. The molecule has 1 saturated carbocycles. The van der Waals surface area contributed by atoms with Gasteiger partial charge >= 0.3 is 0 Å². The lowest BCUT2D eigenvalue weighted by atomic mass is 9.86. The zero-order valence-electron chi connectivity index (χ0n) is 18.9. The van der Waals surface area contributed by atoms with Gasteiger partial charge in [-0.15, -0.1) is 0 Å². The van der Waals surface area contributed by atoms with E-state index in [1.54, 1.807) is 11.1 Å². The van der Waals surface area contributed by atoms with E-state index in [0.717, 1.165) is 67.5 Å². The van der Waals surface area contributed by atoms with Gasteiger partial charge in [-0.05, 0) is 55.4 Å². The van der Waals surface area contributed by atoms with Gasteiger partial charge in [0.2, 0.25) is 5.91 Å². The molecule has 168 valence electrons. The Hall–Kier alpha value is -2.74. The van der Waals surface area contributed by atoms with Gasteiger partial charge in [0.1, 0.15) is 11.2 Å². The SMILES string of the molecule is CC(C(=O)N(C)c1cnc2[nH]c(-c3n[nH]c4c3C[C@@H]3C[C@]3(C)C4)nc2c1)C1CCOCC1. The Kier molecular flexibility index (Phi) is 4.44. The van der Waals surface area contributed by atoms with E-state index in [2.05, 4.69) is 27.1 Å². The van der Waals surface area contributed by atoms with E-state index in [1.807, 2.05) is 20.0 Å². The van der Waals surface area contributed by atoms with Crippen LogP contribution in [0.2, 0.25) is 0 Å². The number of H-pyrrole nitrogens is 2. The molecule has 0 spiro atoms. The summed E-state index contributed by atoms with van der Waals surface area (Å²) >= 11 is 0. The number of ether oxygens (including phenoxy) is 1. The van der Waals surface area contributed by atoms with Crippen molar-refractivity contribution in [2.24, 2.45) is 23.2 Å². The summed E-state index contributed by atoms with van der Waals surface area (Å²) < 4.78 is 5.45. The number of hydrogen-bond donors (Lipinski definition) is 2. The number of pyridine rings is 1. The van der Waals surface area contributed by atoms with Crippen molar-refractivity contribution in [1.82, 2.24) is 25.1 Å². The first kappa shape index (κ1) is 19.9. The number of nitrogens with zero attached hydrogens (tertiary/aromatic N) is 4. The molecule has 3 aliphatic rings. The molecule has 2 aliphatic carbocycles. The molecule has 8 heteroatoms. The quantitative estimate of drug-likeness (QED) is 0.655. The van der Waals surface area contributed by atoms with Gasteiger partial charge in [-0.3, -0.25) is 9.89 Å². The Balaban J connectivity index is 1.25. The highest BCUT2D eigenvalue weighted by atomic mass is 16.5. The fourth-order valence-corrected chi connectivity index (χ4v) is 5.68. The van der Waals surface area contributed by atoms with E-state index in [9.17, 15) is 4.79 Å². The first-order valence-corrected chi connectivity index (χ1v) is 11.7. The maximum atomic E-state index is 13.1. The van der Waals surface area contributed by atoms with E-state index in [4.69, 9.17) is 9.72 Å². The van der Waals surface area contributed by atoms with Crippen LogP contribution in [0.15, 0.2) is 12.3 Å². The number of rotatable bonds is 4. The molecule has 1 unspecified atom stereocenters. The molecule has 4 heterocycles. The van der Waals surface area contributed by atoms with Crippen molar-refractivity contribution in [3.63, 3.8) is 0 Å². The van der Waals surface area contributed by atoms with Gasteiger partial charge in [-0.25, -0.2) is 9.97 Å². The monoisotopic (exact) mass is 434 g/mol. The van der Waals surface area contributed by atoms with E-state index >= 15 is 0 Å². The molecule has 32 heavy (non-hydrogen) atoms. The summed E-state index contributed by atoms with van der Waals surface area (Å²) in [5.74, 6) is 1.95. The molecule has 3 aromatic rings. The third-order valence-corrected chi connectivity index (χ3v) is 8.15. The number of aromatic nitrogens is 5. The van der Waals surface area contributed by atoms with Crippen LogP contribution in [-0.2, 0) is 22.4 Å². The van der Waals surface area contributed by atoms with Crippen LogP contribution in [0.4, 0.5) is 5.69 Å². The molecule has 0 bridgehead atoms. The highest BCUT2D eigenvalue weighted by Crippen LogP contribution is 2.59. The average molecular weight is 435 g/mol. The van der Waals surface area contributed by atoms with E-state index in [0.29, 0.717) is 17.0 Å². The van der Waals surface area contributed by atoms with Crippen LogP contribution in [0, 0.1) is 23.2 Å². The number of imidazole rings is 1. The molecule has 1 amide bonds. The van der Waals surface area contributed by atoms with Gasteiger partial charge in [0.05, 0.1) is 11.9 Å². The zero-order chi connectivity index (χ0) is 22.0. The highest BCUT2D eigenvalue weighted by molar-refractivity contribution is 5.95. The Morgan fingerprint density at radius 2 is 2.16 bits per heavy atom. The third kappa shape index (κ3) is 3.15. The first-order chi connectivity index (χ1) is 15.4. The molecule has 0 aromatic carbocycles. The number of anilines is 1. The zero-order valence-corrected chi connectivity index (χ0v) is 18.9. The van der Waals surface area contributed by atoms with Crippen molar-refractivity contribution in [2.45, 2.75) is 46.0 Å². The molecular formula is C24H30N6O2. The lowest BCUT2D eigenvalue weighted by molar-refractivity contribution is -0.124. The average Bonchev–Trinajstić information content (AvgIpc) is 3.11. The molecule has 8 nitrogen and oxygen atoms in total. The summed E-state index contributed by atoms with van der Waals surface area (Å²) in [4.78, 5) is 27.5. The summed E-state index contributed by atoms with van der Waals surface area (Å²) in [7, 11) is 1.82. The van der Waals surface area contributed by atoms with Gasteiger partial charge in [0.15, 0.2) is 11.5 Å². The van der Waals surface area contributed by atoms with Gasteiger partial charge in [-0.2, -0.15) is 5.10 Å². The molecular weight excluding hydrogens is 404 g/mol. The minimum atomic E-state index is -0.0435. The van der Waals surface area contributed by atoms with Crippen molar-refractivity contribution in [3.05, 3.63) is 23.5 Å². The number of nitrogens with one attached hydrogen (secondary N) is 2. The number of hydrogen-bond acceptors (Lipinski definition) is 5. The molecule has 3 aromatic heterocycles. The molecule has 3 atom stereocenters. The predicted octanol–water partition coefficient (Wildman–Crippen LogP) is 3.50. The lowest BCUT2D eigenvalue weighted by Crippen LogP contribution is -2.37. The van der Waals surface area contributed by atoms with Crippen molar-refractivity contribution in [1.29, 1.82) is 0 Å². The van der Waals surface area contributed by atoms with Crippen molar-refractivity contribution in [3.8, 4) is 11.5 Å². The van der Waals surface area contributed by atoms with Gasteiger partial charge in [-0.1, -0.05) is 13.8 Å². The summed E-state index contributed by atoms with van der Waals surface area (Å²) in [6.45, 7) is 5.88. The van der Waals surface area contributed by atoms with Crippen LogP contribution in [0.3, 0.4) is 0 Å². The number of aromatic amines is 2. The van der Waals surface area contributed by atoms with Crippen LogP contribution in [0.5, 0.6) is 0 Å². The standard InChI is InChI=1S/C24H30N6O2/c1-13(14-4-6-32-7-5-14)23(31)30(3)16-9-18-21(25-12-16)27-22(26-18)20-17-8-15-10-24(15,2)11-19(17)28-29-20/h9,12-15H,4-8,10-11H2,1-3H3,(H,28,29)(H,25,26,27)/t13?,15-,24-/m1/s1. The predicted molar refractivity (Wildman–Crippen MR) is 121 cm³/mol. The normalized spacial score (nSPS) is 25.9. The molecule has 1 saturated heterocycles. The second-order valence-corrected chi connectivity index (χ2v) is 10.2. The van der Waals surface area contributed by atoms with Gasteiger partial charge in [0.25, 0.3) is 0 Å². The van der Waals surface area contributed by atoms with Crippen LogP contribution in [-0.4, -0.2) is 51.3 Å². The second kappa shape index (κ2) is 7.13. The summed E-state index contributed by atoms with van der Waals surface area (Å²) in [5, 5.41) is 7.84. The van der Waals surface area contributed by atoms with Crippen LogP contribution < -0.4 is 4.90 Å². The van der Waals surface area contributed by atoms with Crippen molar-refractivity contribution < 1.29 is 9.53 Å². The molecule has 6 rings (SSSR count). The maximum absolute atomic E-state index is 13.1. The van der Waals surface area contributed by atoms with Crippen LogP contribution in [0.25, 0.3) is 22.7 Å². The lowest BCUT2D eigenvalue weighted by Gasteiger charge is -2.29. The molecule has 2 fully saturated rings. The number of amides is 1. The second-order valence-electron chi connectivity index (χ2n) is 10.2. The van der Waals surface area contributed by atoms with Gasteiger partial charge in [0, 0.05) is 37.4 Å². The highest BCUT2D eigenvalue weighted by Gasteiger charge is 2.53. The third-order valence-electron chi connectivity index (χ3n) is 8.15. The number of carbonyl (C=O) groups excluding carboxylic acids is 1. The smallest absolute Gasteiger partial charge is 0.229 e. The summed E-state index contributed by atoms with van der Waals surface area (Å²) in [6.07, 6.45) is 7.06.